The molecule has 2 unspecified atom stereocenters. The van der Waals surface area contributed by atoms with E-state index in [0.29, 0.717) is 17.5 Å². The summed E-state index contributed by atoms with van der Waals surface area (Å²) in [6, 6.07) is 6.56. The first kappa shape index (κ1) is 17.4. The monoisotopic (exact) mass is 351 g/mol. The summed E-state index contributed by atoms with van der Waals surface area (Å²) in [5.41, 5.74) is 6.79. The summed E-state index contributed by atoms with van der Waals surface area (Å²) in [4.78, 5) is 12.8. The molecule has 0 aliphatic heterocycles. The normalized spacial score (nSPS) is 29.9. The molecule has 1 aromatic carbocycles. The lowest BCUT2D eigenvalue weighted by atomic mass is 9.65. The maximum Gasteiger partial charge on any atom is 0.240 e. The predicted molar refractivity (Wildman–Crippen MR) is 92.8 cm³/mol. The highest BCUT2D eigenvalue weighted by atomic mass is 32.2. The van der Waals surface area contributed by atoms with Crippen LogP contribution in [0.5, 0.6) is 0 Å². The molecule has 0 saturated heterocycles. The van der Waals surface area contributed by atoms with Crippen LogP contribution in [0.2, 0.25) is 0 Å². The van der Waals surface area contributed by atoms with E-state index in [-0.39, 0.29) is 22.8 Å². The Bertz CT molecular complexity index is 706. The smallest absolute Gasteiger partial charge is 0.240 e. The fraction of sp³-hybridized carbons (Fsp3) is 0.588. The lowest BCUT2D eigenvalue weighted by molar-refractivity contribution is -0.122. The molecule has 2 aliphatic rings. The standard InChI is InChI=1S/C17H25N3O3S/c1-19-24(22,23)15-7-3-6-14(10-15)20-17(21)13-8-11-4-2-5-12(9-13)16(11)18/h3,6-7,10-13,16,19H,2,4-5,8-9,18H2,1H3,(H,20,21). The molecule has 2 aliphatic carbocycles. The Labute approximate surface area is 143 Å². The predicted octanol–water partition coefficient (Wildman–Crippen LogP) is 1.69. The zero-order chi connectivity index (χ0) is 17.3. The van der Waals surface area contributed by atoms with Crippen LogP contribution >= 0.6 is 0 Å². The maximum absolute atomic E-state index is 12.6. The number of hydrogen-bond acceptors (Lipinski definition) is 4. The molecule has 0 aromatic heterocycles. The van der Waals surface area contributed by atoms with Crippen LogP contribution in [0.3, 0.4) is 0 Å². The third-order valence-electron chi connectivity index (χ3n) is 5.46. The molecule has 24 heavy (non-hydrogen) atoms. The SMILES string of the molecule is CNS(=O)(=O)c1cccc(NC(=O)C2CC3CCCC(C2)C3N)c1. The number of hydrogen-bond donors (Lipinski definition) is 3. The number of carbonyl (C=O) groups excluding carboxylic acids is 1. The molecule has 1 aromatic rings. The third kappa shape index (κ3) is 3.48. The first-order valence-electron chi connectivity index (χ1n) is 8.51. The van der Waals surface area contributed by atoms with E-state index in [9.17, 15) is 13.2 Å². The van der Waals surface area contributed by atoms with Crippen molar-refractivity contribution in [3.8, 4) is 0 Å². The molecule has 3 rings (SSSR count). The average Bonchev–Trinajstić information content (AvgIpc) is 2.54. The number of nitrogens with one attached hydrogen (secondary N) is 2. The molecular formula is C17H25N3O3S. The number of rotatable bonds is 4. The quantitative estimate of drug-likeness (QED) is 0.768. The molecule has 132 valence electrons. The highest BCUT2D eigenvalue weighted by Crippen LogP contribution is 2.42. The second-order valence-electron chi connectivity index (χ2n) is 6.92. The number of carbonyl (C=O) groups is 1. The second-order valence-corrected chi connectivity index (χ2v) is 8.81. The molecule has 4 N–H and O–H groups in total. The van der Waals surface area contributed by atoms with Crippen LogP contribution in [0, 0.1) is 17.8 Å². The molecule has 0 radical (unpaired) electrons. The number of amides is 1. The zero-order valence-corrected chi connectivity index (χ0v) is 14.7. The highest BCUT2D eigenvalue weighted by Gasteiger charge is 2.40. The molecule has 2 saturated carbocycles. The van der Waals surface area contributed by atoms with Crippen LogP contribution in [-0.4, -0.2) is 27.4 Å². The number of sulfonamides is 1. The van der Waals surface area contributed by atoms with Gasteiger partial charge in [-0.1, -0.05) is 12.5 Å². The molecule has 1 amide bonds. The Hall–Kier alpha value is -1.44. The van der Waals surface area contributed by atoms with Gasteiger partial charge in [-0.2, -0.15) is 0 Å². The van der Waals surface area contributed by atoms with Gasteiger partial charge in [-0.25, -0.2) is 13.1 Å². The molecule has 0 heterocycles. The van der Waals surface area contributed by atoms with Gasteiger partial charge < -0.3 is 11.1 Å². The van der Waals surface area contributed by atoms with E-state index < -0.39 is 10.0 Å². The summed E-state index contributed by atoms with van der Waals surface area (Å²) in [7, 11) is -2.15. The minimum absolute atomic E-state index is 0.0298. The van der Waals surface area contributed by atoms with E-state index in [1.54, 1.807) is 12.1 Å². The topological polar surface area (TPSA) is 101 Å². The van der Waals surface area contributed by atoms with E-state index >= 15 is 0 Å². The van der Waals surface area contributed by atoms with E-state index in [1.807, 2.05) is 0 Å². The Balaban J connectivity index is 1.70. The first-order valence-corrected chi connectivity index (χ1v) is 9.99. The maximum atomic E-state index is 12.6. The molecule has 7 heteroatoms. The van der Waals surface area contributed by atoms with E-state index in [4.69, 9.17) is 5.73 Å². The summed E-state index contributed by atoms with van der Waals surface area (Å²) in [6.45, 7) is 0. The number of anilines is 1. The van der Waals surface area contributed by atoms with Gasteiger partial charge in [0.25, 0.3) is 0 Å². The van der Waals surface area contributed by atoms with Crippen molar-refractivity contribution in [1.29, 1.82) is 0 Å². The van der Waals surface area contributed by atoms with Crippen LogP contribution in [0.4, 0.5) is 5.69 Å². The molecule has 0 spiro atoms. The number of benzene rings is 1. The highest BCUT2D eigenvalue weighted by molar-refractivity contribution is 7.89. The second kappa shape index (κ2) is 6.82. The Morgan fingerprint density at radius 2 is 1.88 bits per heavy atom. The summed E-state index contributed by atoms with van der Waals surface area (Å²) >= 11 is 0. The molecule has 2 fully saturated rings. The van der Waals surface area contributed by atoms with Gasteiger partial charge in [-0.15, -0.1) is 0 Å². The number of nitrogens with two attached hydrogens (primary N) is 1. The van der Waals surface area contributed by atoms with Crippen molar-refractivity contribution in [2.24, 2.45) is 23.5 Å². The Morgan fingerprint density at radius 1 is 1.21 bits per heavy atom. The minimum atomic E-state index is -3.52. The summed E-state index contributed by atoms with van der Waals surface area (Å²) < 4.78 is 26.0. The Morgan fingerprint density at radius 3 is 2.50 bits per heavy atom. The van der Waals surface area contributed by atoms with Crippen LogP contribution in [0.15, 0.2) is 29.2 Å². The summed E-state index contributed by atoms with van der Waals surface area (Å²) in [5, 5.41) is 2.88. The first-order chi connectivity index (χ1) is 11.4. The summed E-state index contributed by atoms with van der Waals surface area (Å²) in [6.07, 6.45) is 5.09. The summed E-state index contributed by atoms with van der Waals surface area (Å²) in [5.74, 6) is 0.802. The molecule has 6 nitrogen and oxygen atoms in total. The van der Waals surface area contributed by atoms with Crippen LogP contribution in [0.1, 0.15) is 32.1 Å². The van der Waals surface area contributed by atoms with Gasteiger partial charge in [-0.3, -0.25) is 4.79 Å². The van der Waals surface area contributed by atoms with Gasteiger partial charge in [-0.05, 0) is 62.8 Å². The van der Waals surface area contributed by atoms with Crippen molar-refractivity contribution in [3.05, 3.63) is 24.3 Å². The third-order valence-corrected chi connectivity index (χ3v) is 6.88. The lowest BCUT2D eigenvalue weighted by Gasteiger charge is -2.43. The van der Waals surface area contributed by atoms with Gasteiger partial charge in [0.15, 0.2) is 0 Å². The van der Waals surface area contributed by atoms with Crippen molar-refractivity contribution in [2.75, 3.05) is 12.4 Å². The van der Waals surface area contributed by atoms with Crippen LogP contribution in [0.25, 0.3) is 0 Å². The lowest BCUT2D eigenvalue weighted by Crippen LogP contribution is -2.48. The van der Waals surface area contributed by atoms with Crippen molar-refractivity contribution >= 4 is 21.6 Å². The van der Waals surface area contributed by atoms with Crippen LogP contribution in [-0.2, 0) is 14.8 Å². The van der Waals surface area contributed by atoms with E-state index in [0.717, 1.165) is 25.7 Å². The van der Waals surface area contributed by atoms with Gasteiger partial charge in [0.2, 0.25) is 15.9 Å². The van der Waals surface area contributed by atoms with Gasteiger partial charge in [0, 0.05) is 17.6 Å². The minimum Gasteiger partial charge on any atom is -0.327 e. The molecule has 2 atom stereocenters. The Kier molecular flexibility index (Phi) is 4.94. The largest absolute Gasteiger partial charge is 0.327 e. The fourth-order valence-electron chi connectivity index (χ4n) is 4.11. The molecule has 2 bridgehead atoms. The van der Waals surface area contributed by atoms with E-state index in [2.05, 4.69) is 10.0 Å². The van der Waals surface area contributed by atoms with Crippen molar-refractivity contribution in [1.82, 2.24) is 4.72 Å². The number of fused-ring (bicyclic) bond motifs is 2. The van der Waals surface area contributed by atoms with E-state index in [1.165, 1.54) is 25.6 Å². The van der Waals surface area contributed by atoms with Gasteiger partial charge >= 0.3 is 0 Å². The zero-order valence-electron chi connectivity index (χ0n) is 13.9. The fourth-order valence-corrected chi connectivity index (χ4v) is 4.88. The van der Waals surface area contributed by atoms with Gasteiger partial charge in [0.05, 0.1) is 4.90 Å². The van der Waals surface area contributed by atoms with Crippen molar-refractivity contribution in [2.45, 2.75) is 43.0 Å². The average molecular weight is 351 g/mol. The van der Waals surface area contributed by atoms with Crippen LogP contribution < -0.4 is 15.8 Å². The van der Waals surface area contributed by atoms with Gasteiger partial charge in [0.1, 0.15) is 0 Å². The van der Waals surface area contributed by atoms with Crippen molar-refractivity contribution < 1.29 is 13.2 Å². The molecular weight excluding hydrogens is 326 g/mol. The van der Waals surface area contributed by atoms with Crippen molar-refractivity contribution in [3.63, 3.8) is 0 Å².